The van der Waals surface area contributed by atoms with Crippen molar-refractivity contribution in [2.75, 3.05) is 0 Å². The monoisotopic (exact) mass is 125 g/mol. The Balaban J connectivity index is 3.37. The second-order valence-corrected chi connectivity index (χ2v) is 1.92. The van der Waals surface area contributed by atoms with Crippen molar-refractivity contribution in [3.63, 3.8) is 0 Å². The summed E-state index contributed by atoms with van der Waals surface area (Å²) in [6, 6.07) is 0.105. The van der Waals surface area contributed by atoms with Crippen molar-refractivity contribution in [1.82, 2.24) is 0 Å². The average Bonchev–Trinajstić information content (AvgIpc) is 1.85. The molecule has 0 bridgehead atoms. The van der Waals surface area contributed by atoms with Gasteiger partial charge < -0.3 is 0 Å². The van der Waals surface area contributed by atoms with Crippen LogP contribution in [0.5, 0.6) is 0 Å². The zero-order valence-electron chi connectivity index (χ0n) is 5.62. The van der Waals surface area contributed by atoms with Crippen molar-refractivity contribution in [2.24, 2.45) is 5.11 Å². The van der Waals surface area contributed by atoms with E-state index in [1.54, 1.807) is 0 Å². The van der Waals surface area contributed by atoms with Crippen molar-refractivity contribution < 1.29 is 0 Å². The quantitative estimate of drug-likeness (QED) is 0.240. The van der Waals surface area contributed by atoms with Crippen LogP contribution in [-0.2, 0) is 0 Å². The Morgan fingerprint density at radius 1 is 1.89 bits per heavy atom. The molecule has 1 atom stereocenters. The number of nitrogens with zero attached hydrogens (tertiary/aromatic N) is 3. The second-order valence-electron chi connectivity index (χ2n) is 1.92. The van der Waals surface area contributed by atoms with E-state index in [0.717, 1.165) is 12.8 Å². The highest BCUT2D eigenvalue weighted by molar-refractivity contribution is 4.70. The molecule has 1 unspecified atom stereocenters. The first kappa shape index (κ1) is 8.05. The number of rotatable bonds is 4. The van der Waals surface area contributed by atoms with Crippen LogP contribution in [0.3, 0.4) is 0 Å². The summed E-state index contributed by atoms with van der Waals surface area (Å²) >= 11 is 0. The molecular weight excluding hydrogens is 114 g/mol. The Kier molecular flexibility index (Phi) is 4.64. The molecule has 0 N–H and O–H groups in total. The summed E-state index contributed by atoms with van der Waals surface area (Å²) in [6.07, 6.45) is 3.64. The van der Waals surface area contributed by atoms with Crippen molar-refractivity contribution in [2.45, 2.75) is 25.8 Å². The minimum atomic E-state index is 0.105. The van der Waals surface area contributed by atoms with Gasteiger partial charge in [0.05, 0.1) is 0 Å². The molecule has 0 saturated heterocycles. The highest BCUT2D eigenvalue weighted by Gasteiger charge is 1.93. The maximum atomic E-state index is 7.97. The lowest BCUT2D eigenvalue weighted by Gasteiger charge is -1.97. The molecule has 0 aromatic heterocycles. The van der Waals surface area contributed by atoms with Gasteiger partial charge in [-0.25, -0.2) is 0 Å². The Hall–Kier alpha value is -0.950. The van der Waals surface area contributed by atoms with Crippen molar-refractivity contribution >= 4 is 0 Å². The van der Waals surface area contributed by atoms with Crippen LogP contribution in [0, 0.1) is 0 Å². The molecule has 50 valence electrons. The molecule has 0 heterocycles. The summed E-state index contributed by atoms with van der Waals surface area (Å²) in [7, 11) is 0. The number of hydrogen-bond acceptors (Lipinski definition) is 1. The van der Waals surface area contributed by atoms with E-state index in [0.29, 0.717) is 0 Å². The minimum absolute atomic E-state index is 0.105. The summed E-state index contributed by atoms with van der Waals surface area (Å²) in [6.45, 7) is 5.45. The summed E-state index contributed by atoms with van der Waals surface area (Å²) in [5.74, 6) is 0. The van der Waals surface area contributed by atoms with E-state index in [9.17, 15) is 0 Å². The van der Waals surface area contributed by atoms with Crippen LogP contribution in [0.1, 0.15) is 19.8 Å². The minimum Gasteiger partial charge on any atom is -0.103 e. The molecular formula is C6H11N3. The van der Waals surface area contributed by atoms with E-state index in [1.807, 2.05) is 13.0 Å². The first-order valence-electron chi connectivity index (χ1n) is 2.96. The smallest absolute Gasteiger partial charge is 0.0348 e. The highest BCUT2D eigenvalue weighted by atomic mass is 15.1. The van der Waals surface area contributed by atoms with Gasteiger partial charge in [0, 0.05) is 11.0 Å². The molecule has 0 fully saturated rings. The first-order chi connectivity index (χ1) is 4.31. The third-order valence-corrected chi connectivity index (χ3v) is 1.04. The van der Waals surface area contributed by atoms with Gasteiger partial charge in [-0.05, 0) is 18.4 Å². The molecule has 0 spiro atoms. The maximum absolute atomic E-state index is 7.97. The molecule has 0 amide bonds. The van der Waals surface area contributed by atoms with Crippen LogP contribution in [0.15, 0.2) is 17.8 Å². The molecule has 0 radical (unpaired) electrons. The maximum Gasteiger partial charge on any atom is 0.0348 e. The Morgan fingerprint density at radius 3 is 3.00 bits per heavy atom. The van der Waals surface area contributed by atoms with Crippen LogP contribution in [0.4, 0.5) is 0 Å². The summed E-state index contributed by atoms with van der Waals surface area (Å²) in [4.78, 5) is 2.68. The molecule has 9 heavy (non-hydrogen) atoms. The molecule has 3 nitrogen and oxygen atoms in total. The zero-order chi connectivity index (χ0) is 7.11. The van der Waals surface area contributed by atoms with Crippen LogP contribution in [-0.4, -0.2) is 6.04 Å². The fourth-order valence-electron chi connectivity index (χ4n) is 0.505. The fourth-order valence-corrected chi connectivity index (χ4v) is 0.505. The van der Waals surface area contributed by atoms with Crippen molar-refractivity contribution in [3.8, 4) is 0 Å². The third kappa shape index (κ3) is 4.91. The molecule has 0 aliphatic rings. The topological polar surface area (TPSA) is 48.8 Å². The van der Waals surface area contributed by atoms with Gasteiger partial charge in [0.25, 0.3) is 0 Å². The van der Waals surface area contributed by atoms with E-state index < -0.39 is 0 Å². The van der Waals surface area contributed by atoms with E-state index in [-0.39, 0.29) is 6.04 Å². The van der Waals surface area contributed by atoms with Crippen LogP contribution < -0.4 is 0 Å². The standard InChI is InChI=1S/C6H11N3/c1-3-4-5-6(2)8-9-7/h3,6H,1,4-5H2,2H3. The summed E-state index contributed by atoms with van der Waals surface area (Å²) in [5, 5.41) is 3.49. The lowest BCUT2D eigenvalue weighted by atomic mass is 10.2. The predicted molar refractivity (Wildman–Crippen MR) is 38.0 cm³/mol. The molecule has 0 aromatic rings. The van der Waals surface area contributed by atoms with Crippen LogP contribution in [0.25, 0.3) is 10.4 Å². The predicted octanol–water partition coefficient (Wildman–Crippen LogP) is 2.65. The van der Waals surface area contributed by atoms with Gasteiger partial charge in [0.2, 0.25) is 0 Å². The molecule has 0 aliphatic carbocycles. The fraction of sp³-hybridized carbons (Fsp3) is 0.667. The van der Waals surface area contributed by atoms with E-state index in [1.165, 1.54) is 0 Å². The first-order valence-corrected chi connectivity index (χ1v) is 2.96. The highest BCUT2D eigenvalue weighted by Crippen LogP contribution is 2.00. The SMILES string of the molecule is C=CCCC(C)N=[N+]=[N-]. The van der Waals surface area contributed by atoms with Gasteiger partial charge in [-0.1, -0.05) is 18.1 Å². The average molecular weight is 125 g/mol. The molecule has 0 aliphatic heterocycles. The number of allylic oxidation sites excluding steroid dienone is 1. The second kappa shape index (κ2) is 5.19. The Morgan fingerprint density at radius 2 is 2.56 bits per heavy atom. The summed E-state index contributed by atoms with van der Waals surface area (Å²) < 4.78 is 0. The van der Waals surface area contributed by atoms with Gasteiger partial charge in [-0.3, -0.25) is 0 Å². The van der Waals surface area contributed by atoms with Gasteiger partial charge in [0.15, 0.2) is 0 Å². The Bertz CT molecular complexity index is 124. The molecule has 0 aromatic carbocycles. The zero-order valence-corrected chi connectivity index (χ0v) is 5.62. The molecule has 0 saturated carbocycles. The molecule has 3 heteroatoms. The van der Waals surface area contributed by atoms with Gasteiger partial charge in [-0.15, -0.1) is 6.58 Å². The van der Waals surface area contributed by atoms with Crippen molar-refractivity contribution in [3.05, 3.63) is 23.1 Å². The normalized spacial score (nSPS) is 11.7. The summed E-state index contributed by atoms with van der Waals surface area (Å²) in [5.41, 5.74) is 7.97. The van der Waals surface area contributed by atoms with E-state index in [2.05, 4.69) is 16.6 Å². The van der Waals surface area contributed by atoms with Gasteiger partial charge >= 0.3 is 0 Å². The molecule has 0 rings (SSSR count). The van der Waals surface area contributed by atoms with Gasteiger partial charge in [-0.2, -0.15) is 0 Å². The third-order valence-electron chi connectivity index (χ3n) is 1.04. The number of azide groups is 1. The van der Waals surface area contributed by atoms with E-state index >= 15 is 0 Å². The number of hydrogen-bond donors (Lipinski definition) is 0. The largest absolute Gasteiger partial charge is 0.103 e. The lowest BCUT2D eigenvalue weighted by molar-refractivity contribution is 0.672. The van der Waals surface area contributed by atoms with Crippen LogP contribution >= 0.6 is 0 Å². The van der Waals surface area contributed by atoms with Crippen molar-refractivity contribution in [1.29, 1.82) is 0 Å². The van der Waals surface area contributed by atoms with Gasteiger partial charge in [0.1, 0.15) is 0 Å². The van der Waals surface area contributed by atoms with Crippen LogP contribution in [0.2, 0.25) is 0 Å². The lowest BCUT2D eigenvalue weighted by Crippen LogP contribution is -1.93. The van der Waals surface area contributed by atoms with E-state index in [4.69, 9.17) is 5.53 Å². The Labute approximate surface area is 55.0 Å².